The van der Waals surface area contributed by atoms with Crippen molar-refractivity contribution in [1.29, 1.82) is 0 Å². The molecule has 0 fully saturated rings. The van der Waals surface area contributed by atoms with Gasteiger partial charge in [-0.1, -0.05) is 29.8 Å². The molecule has 0 saturated heterocycles. The Bertz CT molecular complexity index is 780. The topological polar surface area (TPSA) is 51.2 Å². The van der Waals surface area contributed by atoms with E-state index in [9.17, 15) is 17.6 Å². The van der Waals surface area contributed by atoms with Gasteiger partial charge in [0.25, 0.3) is 0 Å². The van der Waals surface area contributed by atoms with Crippen LogP contribution >= 0.6 is 11.6 Å². The van der Waals surface area contributed by atoms with Crippen LogP contribution in [-0.4, -0.2) is 20.5 Å². The van der Waals surface area contributed by atoms with Gasteiger partial charge in [0, 0.05) is 28.8 Å². The van der Waals surface area contributed by atoms with Crippen molar-refractivity contribution < 1.29 is 17.6 Å². The molecule has 0 aliphatic rings. The van der Waals surface area contributed by atoms with Gasteiger partial charge < -0.3 is 0 Å². The van der Waals surface area contributed by atoms with Gasteiger partial charge in [-0.25, -0.2) is 12.8 Å². The second-order valence-corrected chi connectivity index (χ2v) is 7.02. The van der Waals surface area contributed by atoms with E-state index in [1.807, 2.05) is 0 Å². The zero-order valence-electron chi connectivity index (χ0n) is 11.1. The van der Waals surface area contributed by atoms with Crippen LogP contribution in [0, 0.1) is 5.82 Å². The molecule has 0 aromatic heterocycles. The lowest BCUT2D eigenvalue weighted by Gasteiger charge is -2.06. The second kappa shape index (κ2) is 5.95. The van der Waals surface area contributed by atoms with E-state index in [4.69, 9.17) is 11.6 Å². The maximum Gasteiger partial charge on any atom is 0.175 e. The van der Waals surface area contributed by atoms with E-state index < -0.39 is 21.4 Å². The first kappa shape index (κ1) is 15.7. The fourth-order valence-electron chi connectivity index (χ4n) is 1.86. The molecule has 0 amide bonds. The van der Waals surface area contributed by atoms with Gasteiger partial charge >= 0.3 is 0 Å². The SMILES string of the molecule is CS(=O)(=O)c1cccc(C(=O)Cc2c(F)cccc2Cl)c1. The van der Waals surface area contributed by atoms with Crippen molar-refractivity contribution in [2.45, 2.75) is 11.3 Å². The third-order valence-electron chi connectivity index (χ3n) is 2.98. The number of carbonyl (C=O) groups is 1. The Hall–Kier alpha value is -1.72. The molecule has 0 atom stereocenters. The Labute approximate surface area is 127 Å². The van der Waals surface area contributed by atoms with Gasteiger partial charge in [0.1, 0.15) is 5.82 Å². The Kier molecular flexibility index (Phi) is 4.44. The highest BCUT2D eigenvalue weighted by Crippen LogP contribution is 2.21. The fourth-order valence-corrected chi connectivity index (χ4v) is 2.76. The molecule has 0 bridgehead atoms. The monoisotopic (exact) mass is 326 g/mol. The number of benzene rings is 2. The minimum atomic E-state index is -3.40. The minimum Gasteiger partial charge on any atom is -0.294 e. The van der Waals surface area contributed by atoms with Crippen molar-refractivity contribution in [3.05, 3.63) is 64.4 Å². The van der Waals surface area contributed by atoms with Gasteiger partial charge in [-0.05, 0) is 24.3 Å². The summed E-state index contributed by atoms with van der Waals surface area (Å²) in [4.78, 5) is 12.2. The van der Waals surface area contributed by atoms with Gasteiger partial charge in [0.2, 0.25) is 0 Å². The molecular weight excluding hydrogens is 315 g/mol. The zero-order chi connectivity index (χ0) is 15.6. The van der Waals surface area contributed by atoms with E-state index in [2.05, 4.69) is 0 Å². The van der Waals surface area contributed by atoms with Crippen LogP contribution in [0.2, 0.25) is 5.02 Å². The van der Waals surface area contributed by atoms with Gasteiger partial charge in [-0.3, -0.25) is 4.79 Å². The Balaban J connectivity index is 2.34. The summed E-state index contributed by atoms with van der Waals surface area (Å²) in [5.74, 6) is -0.956. The van der Waals surface area contributed by atoms with Gasteiger partial charge in [-0.2, -0.15) is 0 Å². The summed E-state index contributed by atoms with van der Waals surface area (Å²) in [7, 11) is -3.40. The molecular formula is C15H12ClFO3S. The molecule has 2 aromatic rings. The molecule has 0 spiro atoms. The summed E-state index contributed by atoms with van der Waals surface area (Å²) in [6, 6.07) is 9.84. The highest BCUT2D eigenvalue weighted by molar-refractivity contribution is 7.90. The number of Topliss-reactive ketones (excluding diaryl/α,β-unsaturated/α-hetero) is 1. The molecule has 0 unspecified atom stereocenters. The largest absolute Gasteiger partial charge is 0.294 e. The Morgan fingerprint density at radius 2 is 1.86 bits per heavy atom. The van der Waals surface area contributed by atoms with Crippen molar-refractivity contribution in [3.8, 4) is 0 Å². The Morgan fingerprint density at radius 3 is 2.48 bits per heavy atom. The van der Waals surface area contributed by atoms with E-state index >= 15 is 0 Å². The summed E-state index contributed by atoms with van der Waals surface area (Å²) >= 11 is 5.88. The molecule has 6 heteroatoms. The highest BCUT2D eigenvalue weighted by Gasteiger charge is 2.15. The number of rotatable bonds is 4. The normalized spacial score (nSPS) is 11.4. The van der Waals surface area contributed by atoms with Crippen molar-refractivity contribution in [2.24, 2.45) is 0 Å². The summed E-state index contributed by atoms with van der Waals surface area (Å²) in [6.45, 7) is 0. The maximum absolute atomic E-state index is 13.7. The van der Waals surface area contributed by atoms with Crippen molar-refractivity contribution in [1.82, 2.24) is 0 Å². The quantitative estimate of drug-likeness (QED) is 0.810. The molecule has 0 saturated carbocycles. The summed E-state index contributed by atoms with van der Waals surface area (Å²) < 4.78 is 36.6. The number of hydrogen-bond acceptors (Lipinski definition) is 3. The molecule has 0 radical (unpaired) electrons. The molecule has 2 aromatic carbocycles. The number of halogens is 2. The third-order valence-corrected chi connectivity index (χ3v) is 4.45. The predicted molar refractivity (Wildman–Crippen MR) is 79.0 cm³/mol. The van der Waals surface area contributed by atoms with E-state index in [1.54, 1.807) is 0 Å². The fraction of sp³-hybridized carbons (Fsp3) is 0.133. The van der Waals surface area contributed by atoms with Crippen molar-refractivity contribution >= 4 is 27.2 Å². The van der Waals surface area contributed by atoms with Crippen LogP contribution in [0.15, 0.2) is 47.4 Å². The first-order chi connectivity index (χ1) is 9.79. The van der Waals surface area contributed by atoms with Crippen LogP contribution in [-0.2, 0) is 16.3 Å². The average molecular weight is 327 g/mol. The third kappa shape index (κ3) is 3.68. The van der Waals surface area contributed by atoms with E-state index in [0.717, 1.165) is 6.26 Å². The van der Waals surface area contributed by atoms with Gasteiger partial charge in [0.15, 0.2) is 15.6 Å². The lowest BCUT2D eigenvalue weighted by Crippen LogP contribution is -2.07. The van der Waals surface area contributed by atoms with Crippen LogP contribution in [0.25, 0.3) is 0 Å². The van der Waals surface area contributed by atoms with E-state index in [-0.39, 0.29) is 27.5 Å². The van der Waals surface area contributed by atoms with Crippen LogP contribution in [0.3, 0.4) is 0 Å². The molecule has 110 valence electrons. The minimum absolute atomic E-state index is 0.0491. The second-order valence-electron chi connectivity index (χ2n) is 4.60. The highest BCUT2D eigenvalue weighted by atomic mass is 35.5. The van der Waals surface area contributed by atoms with Gasteiger partial charge in [0.05, 0.1) is 4.90 Å². The lowest BCUT2D eigenvalue weighted by atomic mass is 10.0. The van der Waals surface area contributed by atoms with E-state index in [1.165, 1.54) is 42.5 Å². The molecule has 0 N–H and O–H groups in total. The summed E-state index contributed by atoms with van der Waals surface area (Å²) in [5, 5.41) is 0.169. The molecule has 21 heavy (non-hydrogen) atoms. The molecule has 0 aliphatic carbocycles. The van der Waals surface area contributed by atoms with Crippen molar-refractivity contribution in [3.63, 3.8) is 0 Å². The van der Waals surface area contributed by atoms with Gasteiger partial charge in [-0.15, -0.1) is 0 Å². The van der Waals surface area contributed by atoms with Crippen LogP contribution in [0.1, 0.15) is 15.9 Å². The number of sulfone groups is 1. The Morgan fingerprint density at radius 1 is 1.19 bits per heavy atom. The maximum atomic E-state index is 13.7. The smallest absolute Gasteiger partial charge is 0.175 e. The van der Waals surface area contributed by atoms with Crippen LogP contribution in [0.4, 0.5) is 4.39 Å². The summed E-state index contributed by atoms with van der Waals surface area (Å²) in [5.41, 5.74) is 0.311. The molecule has 3 nitrogen and oxygen atoms in total. The number of carbonyl (C=O) groups excluding carboxylic acids is 1. The first-order valence-corrected chi connectivity index (χ1v) is 8.32. The number of ketones is 1. The molecule has 0 aliphatic heterocycles. The van der Waals surface area contributed by atoms with E-state index in [0.29, 0.717) is 0 Å². The first-order valence-electron chi connectivity index (χ1n) is 6.05. The lowest BCUT2D eigenvalue weighted by molar-refractivity contribution is 0.0991. The standard InChI is InChI=1S/C15H12ClFO3S/c1-21(19,20)11-5-2-4-10(8-11)15(18)9-12-13(16)6-3-7-14(12)17/h2-8H,9H2,1H3. The van der Waals surface area contributed by atoms with Crippen molar-refractivity contribution in [2.75, 3.05) is 6.26 Å². The zero-order valence-corrected chi connectivity index (χ0v) is 12.7. The molecule has 2 rings (SSSR count). The average Bonchev–Trinajstić information content (AvgIpc) is 2.42. The predicted octanol–water partition coefficient (Wildman–Crippen LogP) is 3.31. The number of hydrogen-bond donors (Lipinski definition) is 0. The summed E-state index contributed by atoms with van der Waals surface area (Å²) in [6.07, 6.45) is 0.836. The van der Waals surface area contributed by atoms with Crippen LogP contribution in [0.5, 0.6) is 0 Å². The molecule has 0 heterocycles. The van der Waals surface area contributed by atoms with Crippen LogP contribution < -0.4 is 0 Å².